The minimum Gasteiger partial charge on any atom is -0.164 e. The third-order valence-corrected chi connectivity index (χ3v) is 1.13. The van der Waals surface area contributed by atoms with Gasteiger partial charge in [0.05, 0.1) is 6.54 Å². The summed E-state index contributed by atoms with van der Waals surface area (Å²) in [6.45, 7) is 2.17. The van der Waals surface area contributed by atoms with Crippen LogP contribution in [-0.4, -0.2) is 20.2 Å². The second-order valence-electron chi connectivity index (χ2n) is 2.21. The van der Waals surface area contributed by atoms with Gasteiger partial charge in [-0.25, -0.2) is 0 Å². The van der Waals surface area contributed by atoms with Gasteiger partial charge in [0.1, 0.15) is 0 Å². The Hall–Kier alpha value is -1.14. The van der Waals surface area contributed by atoms with E-state index in [1.165, 1.54) is 0 Å². The lowest BCUT2D eigenvalue weighted by Crippen LogP contribution is -2.09. The van der Waals surface area contributed by atoms with Crippen molar-refractivity contribution in [1.29, 1.82) is 0 Å². The standard InChI is InChI=1S/C5H7F3N4/c1-2-3-12-10-4(9-11-12)5(6,7)8/h2-3H2,1H3. The van der Waals surface area contributed by atoms with Gasteiger partial charge in [0.2, 0.25) is 0 Å². The third kappa shape index (κ3) is 1.93. The van der Waals surface area contributed by atoms with Crippen molar-refractivity contribution in [1.82, 2.24) is 20.2 Å². The Morgan fingerprint density at radius 2 is 2.08 bits per heavy atom. The van der Waals surface area contributed by atoms with Crippen LogP contribution in [-0.2, 0) is 12.7 Å². The smallest absolute Gasteiger partial charge is 0.164 e. The molecule has 0 aromatic carbocycles. The number of nitrogens with zero attached hydrogens (tertiary/aromatic N) is 4. The average Bonchev–Trinajstić information content (AvgIpc) is 2.35. The van der Waals surface area contributed by atoms with Crippen molar-refractivity contribution >= 4 is 0 Å². The van der Waals surface area contributed by atoms with E-state index >= 15 is 0 Å². The zero-order chi connectivity index (χ0) is 9.19. The fourth-order valence-electron chi connectivity index (χ4n) is 0.651. The molecule has 0 aliphatic carbocycles. The number of aryl methyl sites for hydroxylation is 1. The molecular formula is C5H7F3N4. The van der Waals surface area contributed by atoms with Crippen molar-refractivity contribution in [2.75, 3.05) is 0 Å². The van der Waals surface area contributed by atoms with Crippen LogP contribution < -0.4 is 0 Å². The molecule has 0 spiro atoms. The van der Waals surface area contributed by atoms with Gasteiger partial charge in [0.25, 0.3) is 5.82 Å². The SMILES string of the molecule is CCCn1nnc(C(F)(F)F)n1. The molecule has 0 saturated heterocycles. The molecule has 4 nitrogen and oxygen atoms in total. The monoisotopic (exact) mass is 180 g/mol. The normalized spacial score (nSPS) is 12.0. The number of tetrazole rings is 1. The van der Waals surface area contributed by atoms with Crippen LogP contribution >= 0.6 is 0 Å². The van der Waals surface area contributed by atoms with E-state index in [0.717, 1.165) is 4.80 Å². The van der Waals surface area contributed by atoms with Gasteiger partial charge in [-0.1, -0.05) is 6.92 Å². The molecule has 1 aromatic rings. The maximum atomic E-state index is 11.9. The molecule has 0 unspecified atom stereocenters. The molecule has 1 aromatic heterocycles. The summed E-state index contributed by atoms with van der Waals surface area (Å²) >= 11 is 0. The molecule has 7 heteroatoms. The predicted molar refractivity (Wildman–Crippen MR) is 33.1 cm³/mol. The summed E-state index contributed by atoms with van der Waals surface area (Å²) in [7, 11) is 0. The van der Waals surface area contributed by atoms with Gasteiger partial charge in [-0.2, -0.15) is 18.0 Å². The molecule has 12 heavy (non-hydrogen) atoms. The van der Waals surface area contributed by atoms with Crippen molar-refractivity contribution in [3.05, 3.63) is 5.82 Å². The Morgan fingerprint density at radius 3 is 2.50 bits per heavy atom. The second kappa shape index (κ2) is 3.08. The minimum absolute atomic E-state index is 0.350. The van der Waals surface area contributed by atoms with Crippen LogP contribution in [0.15, 0.2) is 0 Å². The fraction of sp³-hybridized carbons (Fsp3) is 0.800. The first kappa shape index (κ1) is 8.95. The predicted octanol–water partition coefficient (Wildman–Crippen LogP) is 1.10. The molecule has 68 valence electrons. The Bertz CT molecular complexity index is 253. The number of hydrogen-bond donors (Lipinski definition) is 0. The summed E-state index contributed by atoms with van der Waals surface area (Å²) in [6.07, 6.45) is -3.82. The Balaban J connectivity index is 2.77. The number of aromatic nitrogens is 4. The van der Waals surface area contributed by atoms with E-state index in [9.17, 15) is 13.2 Å². The third-order valence-electron chi connectivity index (χ3n) is 1.13. The Labute approximate surface area is 66.4 Å². The van der Waals surface area contributed by atoms with Crippen LogP contribution in [0.1, 0.15) is 19.2 Å². The van der Waals surface area contributed by atoms with E-state index < -0.39 is 12.0 Å². The summed E-state index contributed by atoms with van der Waals surface area (Å²) in [5.41, 5.74) is 0. The highest BCUT2D eigenvalue weighted by molar-refractivity contribution is 4.82. The van der Waals surface area contributed by atoms with E-state index in [1.807, 2.05) is 6.92 Å². The van der Waals surface area contributed by atoms with Crippen molar-refractivity contribution < 1.29 is 13.2 Å². The summed E-state index contributed by atoms with van der Waals surface area (Å²) in [5, 5.41) is 9.23. The first-order valence-electron chi connectivity index (χ1n) is 3.39. The fourth-order valence-corrected chi connectivity index (χ4v) is 0.651. The molecule has 0 saturated carbocycles. The Kier molecular flexibility index (Phi) is 2.30. The molecule has 0 N–H and O–H groups in total. The van der Waals surface area contributed by atoms with Gasteiger partial charge in [0, 0.05) is 0 Å². The van der Waals surface area contributed by atoms with Crippen LogP contribution in [0.3, 0.4) is 0 Å². The molecule has 0 amide bonds. The quantitative estimate of drug-likeness (QED) is 0.684. The maximum absolute atomic E-state index is 11.9. The van der Waals surface area contributed by atoms with Crippen LogP contribution in [0.4, 0.5) is 13.2 Å². The van der Waals surface area contributed by atoms with Gasteiger partial charge < -0.3 is 0 Å². The molecular weight excluding hydrogens is 173 g/mol. The maximum Gasteiger partial charge on any atom is 0.455 e. The molecule has 0 bridgehead atoms. The lowest BCUT2D eigenvalue weighted by molar-refractivity contribution is -0.145. The summed E-state index contributed by atoms with van der Waals surface area (Å²) in [5.74, 6) is -1.18. The Morgan fingerprint density at radius 1 is 1.42 bits per heavy atom. The van der Waals surface area contributed by atoms with Gasteiger partial charge in [-0.15, -0.1) is 10.2 Å². The van der Waals surface area contributed by atoms with E-state index in [2.05, 4.69) is 15.4 Å². The van der Waals surface area contributed by atoms with Gasteiger partial charge in [-0.05, 0) is 11.6 Å². The summed E-state index contributed by atoms with van der Waals surface area (Å²) in [6, 6.07) is 0. The lowest BCUT2D eigenvalue weighted by atomic mass is 10.5. The van der Waals surface area contributed by atoms with E-state index in [1.54, 1.807) is 0 Å². The highest BCUT2D eigenvalue weighted by atomic mass is 19.4. The topological polar surface area (TPSA) is 43.6 Å². The van der Waals surface area contributed by atoms with Crippen molar-refractivity contribution in [2.45, 2.75) is 26.1 Å². The molecule has 0 fully saturated rings. The molecule has 0 radical (unpaired) electrons. The van der Waals surface area contributed by atoms with E-state index in [4.69, 9.17) is 0 Å². The molecule has 1 heterocycles. The summed E-state index contributed by atoms with van der Waals surface area (Å²) < 4.78 is 35.6. The number of hydrogen-bond acceptors (Lipinski definition) is 3. The zero-order valence-corrected chi connectivity index (χ0v) is 6.34. The van der Waals surface area contributed by atoms with Crippen LogP contribution in [0.2, 0.25) is 0 Å². The van der Waals surface area contributed by atoms with Gasteiger partial charge >= 0.3 is 6.18 Å². The number of rotatable bonds is 2. The number of halogens is 3. The second-order valence-corrected chi connectivity index (χ2v) is 2.21. The van der Waals surface area contributed by atoms with Crippen molar-refractivity contribution in [2.24, 2.45) is 0 Å². The number of alkyl halides is 3. The van der Waals surface area contributed by atoms with Crippen LogP contribution in [0.25, 0.3) is 0 Å². The van der Waals surface area contributed by atoms with E-state index in [-0.39, 0.29) is 0 Å². The molecule has 0 atom stereocenters. The van der Waals surface area contributed by atoms with E-state index in [0.29, 0.717) is 13.0 Å². The average molecular weight is 180 g/mol. The van der Waals surface area contributed by atoms with Gasteiger partial charge in [0.15, 0.2) is 0 Å². The first-order valence-corrected chi connectivity index (χ1v) is 3.39. The highest BCUT2D eigenvalue weighted by Gasteiger charge is 2.36. The first-order chi connectivity index (χ1) is 5.54. The largest absolute Gasteiger partial charge is 0.455 e. The van der Waals surface area contributed by atoms with Crippen LogP contribution in [0, 0.1) is 0 Å². The molecule has 0 aliphatic rings. The van der Waals surface area contributed by atoms with Crippen molar-refractivity contribution in [3.8, 4) is 0 Å². The molecule has 1 rings (SSSR count). The van der Waals surface area contributed by atoms with Gasteiger partial charge in [-0.3, -0.25) is 0 Å². The van der Waals surface area contributed by atoms with Crippen LogP contribution in [0.5, 0.6) is 0 Å². The lowest BCUT2D eigenvalue weighted by Gasteiger charge is -1.96. The summed E-state index contributed by atoms with van der Waals surface area (Å²) in [4.78, 5) is 0.933. The minimum atomic E-state index is -4.49. The highest BCUT2D eigenvalue weighted by Crippen LogP contribution is 2.24. The van der Waals surface area contributed by atoms with Crippen molar-refractivity contribution in [3.63, 3.8) is 0 Å². The zero-order valence-electron chi connectivity index (χ0n) is 6.34. The molecule has 0 aliphatic heterocycles.